The van der Waals surface area contributed by atoms with Gasteiger partial charge in [-0.2, -0.15) is 0 Å². The summed E-state index contributed by atoms with van der Waals surface area (Å²) < 4.78 is 11.4. The van der Waals surface area contributed by atoms with Gasteiger partial charge < -0.3 is 24.6 Å². The number of methoxy groups -OCH3 is 1. The minimum Gasteiger partial charge on any atom is -0.493 e. The fourth-order valence-electron chi connectivity index (χ4n) is 3.63. The fraction of sp³-hybridized carbons (Fsp3) is 0.417. The molecule has 3 amide bonds. The number of nitrogens with one attached hydrogen (secondary N) is 1. The van der Waals surface area contributed by atoms with Crippen LogP contribution in [0.2, 0.25) is 0 Å². The molecule has 1 fully saturated rings. The van der Waals surface area contributed by atoms with Crippen LogP contribution in [0.3, 0.4) is 0 Å². The zero-order valence-corrected chi connectivity index (χ0v) is 18.5. The van der Waals surface area contributed by atoms with Gasteiger partial charge in [-0.1, -0.05) is 36.4 Å². The van der Waals surface area contributed by atoms with Crippen LogP contribution in [0.25, 0.3) is 0 Å². The summed E-state index contributed by atoms with van der Waals surface area (Å²) in [5.74, 6) is 1.26. The molecule has 0 atom stereocenters. The molecule has 1 heterocycles. The number of likely N-dealkylation sites (tertiary alicyclic amines) is 1. The first-order valence-electron chi connectivity index (χ1n) is 10.6. The zero-order chi connectivity index (χ0) is 22.2. The highest BCUT2D eigenvalue weighted by Crippen LogP contribution is 2.29. The Hall–Kier alpha value is -3.22. The molecule has 1 saturated heterocycles. The van der Waals surface area contributed by atoms with Crippen molar-refractivity contribution in [2.75, 3.05) is 34.3 Å². The summed E-state index contributed by atoms with van der Waals surface area (Å²) in [7, 11) is 5.09. The molecule has 7 heteroatoms. The largest absolute Gasteiger partial charge is 0.493 e. The highest BCUT2D eigenvalue weighted by atomic mass is 16.5. The molecular weight excluding hydrogens is 394 g/mol. The van der Waals surface area contributed by atoms with Gasteiger partial charge >= 0.3 is 6.03 Å². The molecule has 0 saturated carbocycles. The molecule has 0 radical (unpaired) electrons. The van der Waals surface area contributed by atoms with Crippen LogP contribution in [0.5, 0.6) is 11.5 Å². The van der Waals surface area contributed by atoms with E-state index >= 15 is 0 Å². The quantitative estimate of drug-likeness (QED) is 0.739. The fourth-order valence-corrected chi connectivity index (χ4v) is 3.63. The third kappa shape index (κ3) is 6.13. The van der Waals surface area contributed by atoms with Gasteiger partial charge in [-0.3, -0.25) is 4.79 Å². The molecule has 7 nitrogen and oxygen atoms in total. The molecule has 2 aromatic rings. The molecule has 1 aliphatic rings. The van der Waals surface area contributed by atoms with Crippen LogP contribution in [0.1, 0.15) is 24.0 Å². The van der Waals surface area contributed by atoms with E-state index in [2.05, 4.69) is 5.32 Å². The maximum absolute atomic E-state index is 12.6. The molecule has 166 valence electrons. The monoisotopic (exact) mass is 425 g/mol. The van der Waals surface area contributed by atoms with E-state index in [9.17, 15) is 9.59 Å². The van der Waals surface area contributed by atoms with E-state index < -0.39 is 0 Å². The number of urea groups is 1. The van der Waals surface area contributed by atoms with Crippen molar-refractivity contribution >= 4 is 11.9 Å². The minimum atomic E-state index is -0.0680. The highest BCUT2D eigenvalue weighted by Gasteiger charge is 2.27. The average Bonchev–Trinajstić information content (AvgIpc) is 2.81. The maximum atomic E-state index is 12.6. The van der Waals surface area contributed by atoms with Gasteiger partial charge in [-0.05, 0) is 36.1 Å². The number of piperidine rings is 1. The number of carbonyl (C=O) groups excluding carboxylic acids is 2. The van der Waals surface area contributed by atoms with E-state index in [1.54, 1.807) is 31.0 Å². The summed E-state index contributed by atoms with van der Waals surface area (Å²) in [5.41, 5.74) is 2.02. The predicted molar refractivity (Wildman–Crippen MR) is 119 cm³/mol. The van der Waals surface area contributed by atoms with E-state index in [0.29, 0.717) is 50.6 Å². The Morgan fingerprint density at radius 1 is 1.03 bits per heavy atom. The third-order valence-corrected chi connectivity index (χ3v) is 5.45. The lowest BCUT2D eigenvalue weighted by Crippen LogP contribution is -2.46. The molecule has 0 aromatic heterocycles. The lowest BCUT2D eigenvalue weighted by Gasteiger charge is -2.33. The number of rotatable bonds is 7. The summed E-state index contributed by atoms with van der Waals surface area (Å²) in [6, 6.07) is 15.6. The average molecular weight is 426 g/mol. The molecule has 3 rings (SSSR count). The summed E-state index contributed by atoms with van der Waals surface area (Å²) in [6.07, 6.45) is 1.36. The highest BCUT2D eigenvalue weighted by molar-refractivity contribution is 5.79. The second-order valence-electron chi connectivity index (χ2n) is 7.92. The van der Waals surface area contributed by atoms with E-state index in [1.807, 2.05) is 48.5 Å². The Balaban J connectivity index is 1.50. The molecule has 1 aliphatic heterocycles. The van der Waals surface area contributed by atoms with Gasteiger partial charge in [-0.15, -0.1) is 0 Å². The third-order valence-electron chi connectivity index (χ3n) is 5.45. The summed E-state index contributed by atoms with van der Waals surface area (Å²) in [5, 5.41) is 3.01. The second kappa shape index (κ2) is 10.7. The first-order chi connectivity index (χ1) is 15.0. The van der Waals surface area contributed by atoms with Gasteiger partial charge in [0.05, 0.1) is 7.11 Å². The van der Waals surface area contributed by atoms with E-state index in [4.69, 9.17) is 9.47 Å². The van der Waals surface area contributed by atoms with Crippen LogP contribution >= 0.6 is 0 Å². The number of benzene rings is 2. The van der Waals surface area contributed by atoms with Gasteiger partial charge in [-0.25, -0.2) is 4.79 Å². The Bertz CT molecular complexity index is 878. The van der Waals surface area contributed by atoms with Crippen LogP contribution in [0.4, 0.5) is 4.79 Å². The summed E-state index contributed by atoms with van der Waals surface area (Å²) >= 11 is 0. The van der Waals surface area contributed by atoms with Crippen LogP contribution in [0.15, 0.2) is 48.5 Å². The van der Waals surface area contributed by atoms with Gasteiger partial charge in [0.15, 0.2) is 11.5 Å². The number of carbonyl (C=O) groups is 2. The van der Waals surface area contributed by atoms with Crippen LogP contribution in [-0.2, 0) is 17.9 Å². The van der Waals surface area contributed by atoms with Crippen molar-refractivity contribution in [1.82, 2.24) is 15.1 Å². The van der Waals surface area contributed by atoms with Gasteiger partial charge in [0, 0.05) is 39.6 Å². The molecule has 0 bridgehead atoms. The Morgan fingerprint density at radius 2 is 1.74 bits per heavy atom. The Labute approximate surface area is 183 Å². The number of ether oxygens (including phenoxy) is 2. The van der Waals surface area contributed by atoms with Gasteiger partial charge in [0.2, 0.25) is 5.91 Å². The Morgan fingerprint density at radius 3 is 2.39 bits per heavy atom. The van der Waals surface area contributed by atoms with Crippen molar-refractivity contribution < 1.29 is 19.1 Å². The first-order valence-corrected chi connectivity index (χ1v) is 10.6. The van der Waals surface area contributed by atoms with Crippen molar-refractivity contribution in [1.29, 1.82) is 0 Å². The number of amides is 3. The second-order valence-corrected chi connectivity index (χ2v) is 7.92. The minimum absolute atomic E-state index is 0.000487. The number of hydrogen-bond acceptors (Lipinski definition) is 4. The maximum Gasteiger partial charge on any atom is 0.319 e. The van der Waals surface area contributed by atoms with E-state index in [-0.39, 0.29) is 17.9 Å². The topological polar surface area (TPSA) is 71.1 Å². The summed E-state index contributed by atoms with van der Waals surface area (Å²) in [4.78, 5) is 28.0. The van der Waals surface area contributed by atoms with E-state index in [0.717, 1.165) is 11.1 Å². The zero-order valence-electron chi connectivity index (χ0n) is 18.5. The SMILES string of the molecule is COc1cc(CNC(=O)C2CCN(C(=O)N(C)C)CC2)ccc1OCc1ccccc1. The molecule has 0 unspecified atom stereocenters. The number of nitrogens with zero attached hydrogens (tertiary/aromatic N) is 2. The molecular formula is C24H31N3O4. The molecule has 31 heavy (non-hydrogen) atoms. The first kappa shape index (κ1) is 22.5. The molecule has 1 N–H and O–H groups in total. The number of hydrogen-bond donors (Lipinski definition) is 1. The molecule has 2 aromatic carbocycles. The van der Waals surface area contributed by atoms with Gasteiger partial charge in [0.25, 0.3) is 0 Å². The van der Waals surface area contributed by atoms with Crippen molar-refractivity contribution in [2.45, 2.75) is 26.0 Å². The lowest BCUT2D eigenvalue weighted by molar-refractivity contribution is -0.126. The standard InChI is InChI=1S/C24H31N3O4/c1-26(2)24(29)27-13-11-20(12-14-27)23(28)25-16-19-9-10-21(22(15-19)30-3)31-17-18-7-5-4-6-8-18/h4-10,15,20H,11-14,16-17H2,1-3H3,(H,25,28). The van der Waals surface area contributed by atoms with Crippen LogP contribution in [-0.4, -0.2) is 56.0 Å². The lowest BCUT2D eigenvalue weighted by atomic mass is 9.96. The normalized spacial score (nSPS) is 14.1. The van der Waals surface area contributed by atoms with Crippen LogP contribution in [0, 0.1) is 5.92 Å². The molecule has 0 spiro atoms. The van der Waals surface area contributed by atoms with Gasteiger partial charge in [0.1, 0.15) is 6.61 Å². The van der Waals surface area contributed by atoms with Crippen molar-refractivity contribution in [3.05, 3.63) is 59.7 Å². The Kier molecular flexibility index (Phi) is 7.76. The molecule has 0 aliphatic carbocycles. The van der Waals surface area contributed by atoms with Crippen molar-refractivity contribution in [3.8, 4) is 11.5 Å². The predicted octanol–water partition coefficient (Wildman–Crippen LogP) is 3.28. The van der Waals surface area contributed by atoms with E-state index in [1.165, 1.54) is 0 Å². The van der Waals surface area contributed by atoms with Crippen molar-refractivity contribution in [3.63, 3.8) is 0 Å². The smallest absolute Gasteiger partial charge is 0.319 e. The summed E-state index contributed by atoms with van der Waals surface area (Å²) in [6.45, 7) is 2.10. The van der Waals surface area contributed by atoms with Crippen molar-refractivity contribution in [2.24, 2.45) is 5.92 Å². The van der Waals surface area contributed by atoms with Crippen LogP contribution < -0.4 is 14.8 Å².